The summed E-state index contributed by atoms with van der Waals surface area (Å²) < 4.78 is 2.39. The van der Waals surface area contributed by atoms with Crippen molar-refractivity contribution in [3.63, 3.8) is 0 Å². The van der Waals surface area contributed by atoms with Crippen LogP contribution in [0.2, 0.25) is 0 Å². The second kappa shape index (κ2) is 12.7. The Kier molecular flexibility index (Phi) is 7.64. The van der Waals surface area contributed by atoms with E-state index >= 15 is 0 Å². The van der Waals surface area contributed by atoms with Crippen molar-refractivity contribution in [3.8, 4) is 39.1 Å². The van der Waals surface area contributed by atoms with Crippen molar-refractivity contribution >= 4 is 38.9 Å². The molecule has 0 atom stereocenters. The fraction of sp³-hybridized carbons (Fsp3) is 0.0943. The number of fused-ring (bicyclic) bond motifs is 6. The lowest BCUT2D eigenvalue weighted by molar-refractivity contribution is 0.660. The topological polar surface area (TPSA) is 8.17 Å². The number of para-hydroxylation sites is 2. The molecule has 0 fully saturated rings. The molecular weight excluding hydrogens is 665 g/mol. The summed E-state index contributed by atoms with van der Waals surface area (Å²) in [5.41, 5.74) is 19.8. The van der Waals surface area contributed by atoms with Crippen LogP contribution in [0.3, 0.4) is 0 Å². The first-order chi connectivity index (χ1) is 26.9. The van der Waals surface area contributed by atoms with Crippen molar-refractivity contribution in [3.05, 3.63) is 204 Å². The van der Waals surface area contributed by atoms with Crippen LogP contribution in [-0.4, -0.2) is 4.57 Å². The number of rotatable bonds is 6. The average molecular weight is 707 g/mol. The van der Waals surface area contributed by atoms with Crippen LogP contribution in [0.1, 0.15) is 36.1 Å². The zero-order chi connectivity index (χ0) is 37.3. The van der Waals surface area contributed by atoms with Gasteiger partial charge < -0.3 is 9.47 Å². The average Bonchev–Trinajstić information content (AvgIpc) is 3.68. The van der Waals surface area contributed by atoms with E-state index in [-0.39, 0.29) is 5.41 Å². The molecule has 9 aromatic rings. The van der Waals surface area contributed by atoms with Crippen molar-refractivity contribution in [2.24, 2.45) is 0 Å². The van der Waals surface area contributed by atoms with Gasteiger partial charge >= 0.3 is 0 Å². The van der Waals surface area contributed by atoms with E-state index in [0.29, 0.717) is 0 Å². The van der Waals surface area contributed by atoms with Gasteiger partial charge in [-0.25, -0.2) is 0 Å². The molecule has 0 saturated heterocycles. The van der Waals surface area contributed by atoms with Crippen molar-refractivity contribution in [2.45, 2.75) is 33.1 Å². The van der Waals surface area contributed by atoms with Crippen LogP contribution >= 0.6 is 0 Å². The van der Waals surface area contributed by atoms with Crippen LogP contribution in [0.5, 0.6) is 0 Å². The molecule has 2 nitrogen and oxygen atoms in total. The SMILES string of the molecule is Cc1cc(-c2ccccc2-c2ccccc2)cc(C)c1N(c1ccc(-n2c3ccccc3c3ccccc32)cc1)c1ccc2c(c1)C(C)(C)c1ccccc1-2. The molecule has 264 valence electrons. The Bertz CT molecular complexity index is 2830. The molecule has 1 aromatic heterocycles. The molecule has 0 aliphatic heterocycles. The highest BCUT2D eigenvalue weighted by Crippen LogP contribution is 2.51. The smallest absolute Gasteiger partial charge is 0.0541 e. The van der Waals surface area contributed by atoms with Crippen LogP contribution in [0.15, 0.2) is 182 Å². The summed E-state index contributed by atoms with van der Waals surface area (Å²) in [5, 5.41) is 2.54. The van der Waals surface area contributed by atoms with E-state index in [1.54, 1.807) is 0 Å². The minimum Gasteiger partial charge on any atom is -0.310 e. The highest BCUT2D eigenvalue weighted by molar-refractivity contribution is 6.09. The quantitative estimate of drug-likeness (QED) is 0.167. The molecule has 0 bridgehead atoms. The lowest BCUT2D eigenvalue weighted by Gasteiger charge is -2.31. The first-order valence-corrected chi connectivity index (χ1v) is 19.3. The molecular formula is C53H42N2. The molecule has 0 spiro atoms. The number of benzene rings is 8. The Morgan fingerprint density at radius 1 is 0.418 bits per heavy atom. The summed E-state index contributed by atoms with van der Waals surface area (Å²) in [6.45, 7) is 9.26. The molecule has 0 N–H and O–H groups in total. The number of aromatic nitrogens is 1. The highest BCUT2D eigenvalue weighted by Gasteiger charge is 2.36. The van der Waals surface area contributed by atoms with E-state index in [1.165, 1.54) is 83.1 Å². The third-order valence-electron chi connectivity index (χ3n) is 11.8. The molecule has 2 heteroatoms. The van der Waals surface area contributed by atoms with Crippen molar-refractivity contribution in [2.75, 3.05) is 4.90 Å². The fourth-order valence-corrected chi connectivity index (χ4v) is 9.26. The van der Waals surface area contributed by atoms with Crippen LogP contribution in [-0.2, 0) is 5.41 Å². The molecule has 8 aromatic carbocycles. The van der Waals surface area contributed by atoms with Crippen molar-refractivity contribution in [1.29, 1.82) is 0 Å². The maximum atomic E-state index is 2.48. The van der Waals surface area contributed by atoms with E-state index in [1.807, 2.05) is 0 Å². The summed E-state index contributed by atoms with van der Waals surface area (Å²) in [4.78, 5) is 2.48. The lowest BCUT2D eigenvalue weighted by Crippen LogP contribution is -2.17. The van der Waals surface area contributed by atoms with Gasteiger partial charge in [0, 0.05) is 33.2 Å². The molecule has 1 heterocycles. The number of aryl methyl sites for hydroxylation is 2. The number of nitrogens with zero attached hydrogens (tertiary/aromatic N) is 2. The van der Waals surface area contributed by atoms with Gasteiger partial charge in [0.25, 0.3) is 0 Å². The van der Waals surface area contributed by atoms with Gasteiger partial charge in [-0.1, -0.05) is 135 Å². The first-order valence-electron chi connectivity index (χ1n) is 19.3. The van der Waals surface area contributed by atoms with E-state index in [4.69, 9.17) is 0 Å². The van der Waals surface area contributed by atoms with Crippen LogP contribution < -0.4 is 4.90 Å². The molecule has 1 aliphatic carbocycles. The highest BCUT2D eigenvalue weighted by atomic mass is 15.1. The Hall–Kier alpha value is -6.64. The van der Waals surface area contributed by atoms with Gasteiger partial charge in [0.1, 0.15) is 0 Å². The van der Waals surface area contributed by atoms with Gasteiger partial charge in [0.2, 0.25) is 0 Å². The lowest BCUT2D eigenvalue weighted by atomic mass is 9.82. The Morgan fingerprint density at radius 3 is 1.58 bits per heavy atom. The third-order valence-corrected chi connectivity index (χ3v) is 11.8. The van der Waals surface area contributed by atoms with Crippen LogP contribution in [0, 0.1) is 13.8 Å². The van der Waals surface area contributed by atoms with Gasteiger partial charge in [-0.05, 0) is 130 Å². The molecule has 1 aliphatic rings. The predicted octanol–water partition coefficient (Wildman–Crippen LogP) is 14.5. The Labute approximate surface area is 323 Å². The van der Waals surface area contributed by atoms with Crippen LogP contribution in [0.25, 0.3) is 60.9 Å². The van der Waals surface area contributed by atoms with Gasteiger partial charge in [-0.3, -0.25) is 0 Å². The summed E-state index contributed by atoms with van der Waals surface area (Å²) in [6, 6.07) is 66.8. The second-order valence-corrected chi connectivity index (χ2v) is 15.5. The molecule has 10 rings (SSSR count). The van der Waals surface area contributed by atoms with Gasteiger partial charge in [-0.2, -0.15) is 0 Å². The van der Waals surface area contributed by atoms with Gasteiger partial charge in [0.15, 0.2) is 0 Å². The standard InChI is InChI=1S/C53H42N2/c1-35-32-38(43-19-9-8-18-42(43)37-16-6-5-7-17-37)33-36(2)52(35)54(41-30-31-45-44-20-10-13-23-48(44)53(3,4)49(45)34-41)39-26-28-40(29-27-39)55-50-24-14-11-21-46(50)47-22-12-15-25-51(47)55/h5-34H,1-4H3. The van der Waals surface area contributed by atoms with E-state index < -0.39 is 0 Å². The number of anilines is 3. The van der Waals surface area contributed by atoms with E-state index in [0.717, 1.165) is 17.1 Å². The molecule has 0 saturated carbocycles. The van der Waals surface area contributed by atoms with Gasteiger partial charge in [-0.15, -0.1) is 0 Å². The summed E-state index contributed by atoms with van der Waals surface area (Å²) in [5.74, 6) is 0. The van der Waals surface area contributed by atoms with E-state index in [2.05, 4.69) is 219 Å². The third kappa shape index (κ3) is 5.24. The molecule has 0 unspecified atom stereocenters. The zero-order valence-corrected chi connectivity index (χ0v) is 31.7. The monoisotopic (exact) mass is 706 g/mol. The summed E-state index contributed by atoms with van der Waals surface area (Å²) in [7, 11) is 0. The fourth-order valence-electron chi connectivity index (χ4n) is 9.26. The molecule has 0 radical (unpaired) electrons. The van der Waals surface area contributed by atoms with Gasteiger partial charge in [0.05, 0.1) is 16.7 Å². The second-order valence-electron chi connectivity index (χ2n) is 15.5. The molecule has 55 heavy (non-hydrogen) atoms. The normalized spacial score (nSPS) is 12.9. The Balaban J connectivity index is 1.14. The number of hydrogen-bond donors (Lipinski definition) is 0. The first kappa shape index (κ1) is 33.0. The maximum absolute atomic E-state index is 2.48. The summed E-state index contributed by atoms with van der Waals surface area (Å²) in [6.07, 6.45) is 0. The van der Waals surface area contributed by atoms with E-state index in [9.17, 15) is 0 Å². The number of hydrogen-bond acceptors (Lipinski definition) is 1. The van der Waals surface area contributed by atoms with Crippen molar-refractivity contribution in [1.82, 2.24) is 4.57 Å². The largest absolute Gasteiger partial charge is 0.310 e. The molecule has 0 amide bonds. The van der Waals surface area contributed by atoms with Crippen molar-refractivity contribution < 1.29 is 0 Å². The minimum atomic E-state index is -0.108. The maximum Gasteiger partial charge on any atom is 0.0541 e. The van der Waals surface area contributed by atoms with Crippen LogP contribution in [0.4, 0.5) is 17.1 Å². The minimum absolute atomic E-state index is 0.108. The predicted molar refractivity (Wildman–Crippen MR) is 233 cm³/mol. The Morgan fingerprint density at radius 2 is 0.927 bits per heavy atom. The zero-order valence-electron chi connectivity index (χ0n) is 31.7. The summed E-state index contributed by atoms with van der Waals surface area (Å²) >= 11 is 0.